The summed E-state index contributed by atoms with van der Waals surface area (Å²) in [6.07, 6.45) is -4.16. The van der Waals surface area contributed by atoms with E-state index in [1.54, 1.807) is 18.2 Å². The average Bonchev–Trinajstić information content (AvgIpc) is 3.30. The van der Waals surface area contributed by atoms with Gasteiger partial charge in [0.25, 0.3) is 11.8 Å². The molecule has 10 heteroatoms. The van der Waals surface area contributed by atoms with E-state index in [9.17, 15) is 22.8 Å². The van der Waals surface area contributed by atoms with E-state index in [-0.39, 0.29) is 23.9 Å². The highest BCUT2D eigenvalue weighted by Crippen LogP contribution is 2.25. The number of amides is 2. The molecule has 3 heterocycles. The van der Waals surface area contributed by atoms with Crippen LogP contribution in [-0.4, -0.2) is 45.7 Å². The summed E-state index contributed by atoms with van der Waals surface area (Å²) in [4.78, 5) is 26.6. The van der Waals surface area contributed by atoms with Crippen molar-refractivity contribution in [3.05, 3.63) is 53.0 Å². The Morgan fingerprint density at radius 2 is 2.07 bits per heavy atom. The maximum atomic E-state index is 12.8. The minimum absolute atomic E-state index is 0.0465. The monoisotopic (exact) mass is 406 g/mol. The largest absolute Gasteiger partial charge is 0.451 e. The lowest BCUT2D eigenvalue weighted by Crippen LogP contribution is -2.44. The van der Waals surface area contributed by atoms with Crippen molar-refractivity contribution >= 4 is 22.8 Å². The topological polar surface area (TPSA) is 91.2 Å². The first-order chi connectivity index (χ1) is 13.7. The second-order valence-electron chi connectivity index (χ2n) is 6.89. The lowest BCUT2D eigenvalue weighted by atomic mass is 10.0. The summed E-state index contributed by atoms with van der Waals surface area (Å²) in [6, 6.07) is 6.83. The van der Waals surface area contributed by atoms with Gasteiger partial charge in [0.05, 0.1) is 6.54 Å². The van der Waals surface area contributed by atoms with Crippen LogP contribution in [-0.2, 0) is 13.0 Å². The Balaban J connectivity index is 1.54. The van der Waals surface area contributed by atoms with Crippen LogP contribution in [0.25, 0.3) is 11.0 Å². The summed E-state index contributed by atoms with van der Waals surface area (Å²) in [5.74, 6) is -1.14. The Morgan fingerprint density at radius 1 is 1.31 bits per heavy atom. The van der Waals surface area contributed by atoms with Crippen molar-refractivity contribution in [1.82, 2.24) is 20.4 Å². The van der Waals surface area contributed by atoms with Crippen LogP contribution < -0.4 is 5.32 Å². The SMILES string of the molecule is CC(NC(=O)c1n[nH]c2c1CN(C(=O)c1cc3ccccc3o1)CC2)C(F)(F)F. The molecule has 0 saturated carbocycles. The number of para-hydroxylation sites is 1. The molecule has 0 fully saturated rings. The van der Waals surface area contributed by atoms with Crippen molar-refractivity contribution in [3.63, 3.8) is 0 Å². The van der Waals surface area contributed by atoms with Crippen LogP contribution in [0.5, 0.6) is 0 Å². The Morgan fingerprint density at radius 3 is 2.79 bits per heavy atom. The smallest absolute Gasteiger partial charge is 0.408 e. The van der Waals surface area contributed by atoms with Crippen LogP contribution in [0, 0.1) is 0 Å². The van der Waals surface area contributed by atoms with Gasteiger partial charge >= 0.3 is 6.18 Å². The number of benzene rings is 1. The Kier molecular flexibility index (Phi) is 4.56. The third-order valence-corrected chi connectivity index (χ3v) is 4.91. The van der Waals surface area contributed by atoms with Crippen LogP contribution >= 0.6 is 0 Å². The third kappa shape index (κ3) is 3.57. The number of nitrogens with one attached hydrogen (secondary N) is 2. The number of hydrogen-bond donors (Lipinski definition) is 2. The second kappa shape index (κ2) is 6.94. The average molecular weight is 406 g/mol. The van der Waals surface area contributed by atoms with Crippen molar-refractivity contribution in [2.75, 3.05) is 6.54 Å². The summed E-state index contributed by atoms with van der Waals surface area (Å²) >= 11 is 0. The molecule has 4 rings (SSSR count). The molecule has 1 aliphatic rings. The van der Waals surface area contributed by atoms with Crippen LogP contribution in [0.2, 0.25) is 0 Å². The van der Waals surface area contributed by atoms with Crippen molar-refractivity contribution in [1.29, 1.82) is 0 Å². The fourth-order valence-electron chi connectivity index (χ4n) is 3.25. The molecule has 0 spiro atoms. The van der Waals surface area contributed by atoms with Gasteiger partial charge in [-0.3, -0.25) is 14.7 Å². The molecule has 2 aromatic heterocycles. The van der Waals surface area contributed by atoms with E-state index < -0.39 is 18.1 Å². The number of hydrogen-bond acceptors (Lipinski definition) is 4. The molecule has 0 aliphatic carbocycles. The molecule has 0 radical (unpaired) electrons. The third-order valence-electron chi connectivity index (χ3n) is 4.91. The number of aromatic amines is 1. The molecular weight excluding hydrogens is 389 g/mol. The summed E-state index contributed by atoms with van der Waals surface area (Å²) in [5, 5.41) is 9.24. The van der Waals surface area contributed by atoms with Gasteiger partial charge in [-0.1, -0.05) is 18.2 Å². The van der Waals surface area contributed by atoms with Crippen LogP contribution in [0.4, 0.5) is 13.2 Å². The highest BCUT2D eigenvalue weighted by atomic mass is 19.4. The fraction of sp³-hybridized carbons (Fsp3) is 0.316. The number of rotatable bonds is 3. The molecule has 2 N–H and O–H groups in total. The van der Waals surface area contributed by atoms with Gasteiger partial charge in [0.2, 0.25) is 0 Å². The van der Waals surface area contributed by atoms with Crippen molar-refractivity contribution in [2.45, 2.75) is 32.1 Å². The van der Waals surface area contributed by atoms with E-state index >= 15 is 0 Å². The fourth-order valence-corrected chi connectivity index (χ4v) is 3.25. The van der Waals surface area contributed by atoms with Gasteiger partial charge in [-0.05, 0) is 19.1 Å². The number of aromatic nitrogens is 2. The number of alkyl halides is 3. The standard InChI is InChI=1S/C19H17F3N4O3/c1-10(19(20,21)22)23-17(27)16-12-9-26(7-6-13(12)24-25-16)18(28)15-8-11-4-2-3-5-14(11)29-15/h2-5,8,10H,6-7,9H2,1H3,(H,23,27)(H,24,25). The normalized spacial score (nSPS) is 15.2. The minimum Gasteiger partial charge on any atom is -0.451 e. The molecule has 1 aromatic carbocycles. The van der Waals surface area contributed by atoms with Gasteiger partial charge in [-0.15, -0.1) is 0 Å². The number of carbonyl (C=O) groups is 2. The first-order valence-electron chi connectivity index (χ1n) is 8.95. The van der Waals surface area contributed by atoms with Gasteiger partial charge in [-0.25, -0.2) is 0 Å². The van der Waals surface area contributed by atoms with E-state index in [1.165, 1.54) is 4.90 Å². The van der Waals surface area contributed by atoms with Gasteiger partial charge < -0.3 is 14.6 Å². The predicted octanol–water partition coefficient (Wildman–Crippen LogP) is 3.04. The maximum absolute atomic E-state index is 12.8. The molecule has 0 saturated heterocycles. The Labute approximate surface area is 162 Å². The summed E-state index contributed by atoms with van der Waals surface area (Å²) < 4.78 is 43.8. The molecule has 152 valence electrons. The molecule has 3 aromatic rings. The van der Waals surface area contributed by atoms with Gasteiger partial charge in [0.15, 0.2) is 11.5 Å². The van der Waals surface area contributed by atoms with E-state index in [0.29, 0.717) is 29.8 Å². The zero-order valence-electron chi connectivity index (χ0n) is 15.3. The molecule has 1 unspecified atom stereocenters. The van der Waals surface area contributed by atoms with Crippen molar-refractivity contribution in [3.8, 4) is 0 Å². The van der Waals surface area contributed by atoms with Crippen molar-refractivity contribution < 1.29 is 27.2 Å². The van der Waals surface area contributed by atoms with Crippen LogP contribution in [0.15, 0.2) is 34.7 Å². The zero-order chi connectivity index (χ0) is 20.8. The molecule has 0 bridgehead atoms. The predicted molar refractivity (Wildman–Crippen MR) is 96.2 cm³/mol. The van der Waals surface area contributed by atoms with Gasteiger partial charge in [0.1, 0.15) is 11.6 Å². The van der Waals surface area contributed by atoms with Crippen molar-refractivity contribution in [2.24, 2.45) is 0 Å². The maximum Gasteiger partial charge on any atom is 0.408 e. The number of halogens is 3. The summed E-state index contributed by atoms with van der Waals surface area (Å²) in [5.41, 5.74) is 1.48. The molecular formula is C19H17F3N4O3. The number of fused-ring (bicyclic) bond motifs is 2. The first kappa shape index (κ1) is 19.0. The minimum atomic E-state index is -4.56. The van der Waals surface area contributed by atoms with E-state index in [2.05, 4.69) is 10.2 Å². The lowest BCUT2D eigenvalue weighted by molar-refractivity contribution is -0.149. The lowest BCUT2D eigenvalue weighted by Gasteiger charge is -2.26. The molecule has 29 heavy (non-hydrogen) atoms. The quantitative estimate of drug-likeness (QED) is 0.700. The van der Waals surface area contributed by atoms with Crippen LogP contribution in [0.1, 0.15) is 39.2 Å². The zero-order valence-corrected chi connectivity index (χ0v) is 15.3. The second-order valence-corrected chi connectivity index (χ2v) is 6.89. The first-order valence-corrected chi connectivity index (χ1v) is 8.95. The van der Waals surface area contributed by atoms with E-state index in [0.717, 1.165) is 12.3 Å². The number of nitrogens with zero attached hydrogens (tertiary/aromatic N) is 2. The van der Waals surface area contributed by atoms with Crippen LogP contribution in [0.3, 0.4) is 0 Å². The summed E-state index contributed by atoms with van der Waals surface area (Å²) in [7, 11) is 0. The van der Waals surface area contributed by atoms with Gasteiger partial charge in [0, 0.05) is 29.6 Å². The Hall–Kier alpha value is -3.30. The number of carbonyl (C=O) groups excluding carboxylic acids is 2. The van der Waals surface area contributed by atoms with E-state index in [4.69, 9.17) is 4.42 Å². The van der Waals surface area contributed by atoms with E-state index in [1.807, 2.05) is 17.4 Å². The Bertz CT molecular complexity index is 1050. The molecule has 1 aliphatic heterocycles. The number of H-pyrrole nitrogens is 1. The van der Waals surface area contributed by atoms with Gasteiger partial charge in [-0.2, -0.15) is 18.3 Å². The highest BCUT2D eigenvalue weighted by Gasteiger charge is 2.38. The molecule has 7 nitrogen and oxygen atoms in total. The highest BCUT2D eigenvalue weighted by molar-refractivity contribution is 5.97. The summed E-state index contributed by atoms with van der Waals surface area (Å²) in [6.45, 7) is 1.27. The number of furan rings is 1. The molecule has 1 atom stereocenters. The molecule has 2 amide bonds.